The van der Waals surface area contributed by atoms with Crippen LogP contribution in [0.1, 0.15) is 44.4 Å². The van der Waals surface area contributed by atoms with Crippen molar-refractivity contribution in [3.05, 3.63) is 94.5 Å². The van der Waals surface area contributed by atoms with Crippen molar-refractivity contribution in [2.24, 2.45) is 11.8 Å². The molecule has 4 atom stereocenters. The third-order valence-electron chi connectivity index (χ3n) is 6.72. The SMILES string of the molecule is Cc1ccc(-c2ccc3c(c2)C(=O)c2ccccc2[C@@H]2[C@@H](C(=O)O)[C@@H](C(=O)O)[C@H]32)cc1. The highest BCUT2D eigenvalue weighted by atomic mass is 16.4. The highest BCUT2D eigenvalue weighted by molar-refractivity contribution is 6.13. The van der Waals surface area contributed by atoms with Gasteiger partial charge in [0.15, 0.2) is 5.78 Å². The summed E-state index contributed by atoms with van der Waals surface area (Å²) in [4.78, 5) is 37.6. The fourth-order valence-corrected chi connectivity index (χ4v) is 5.24. The van der Waals surface area contributed by atoms with Gasteiger partial charge in [0.05, 0.1) is 11.8 Å². The molecule has 1 saturated carbocycles. The van der Waals surface area contributed by atoms with Gasteiger partial charge < -0.3 is 10.2 Å². The number of hydrogen-bond donors (Lipinski definition) is 2. The Morgan fingerprint density at radius 3 is 1.87 bits per heavy atom. The summed E-state index contributed by atoms with van der Waals surface area (Å²) in [7, 11) is 0. The molecule has 1 fully saturated rings. The lowest BCUT2D eigenvalue weighted by Crippen LogP contribution is -2.51. The first-order valence-electron chi connectivity index (χ1n) is 10.2. The maximum Gasteiger partial charge on any atom is 0.308 e. The van der Waals surface area contributed by atoms with E-state index in [1.54, 1.807) is 30.3 Å². The molecule has 5 nitrogen and oxygen atoms in total. The van der Waals surface area contributed by atoms with Gasteiger partial charge in [0.25, 0.3) is 0 Å². The van der Waals surface area contributed by atoms with E-state index >= 15 is 0 Å². The summed E-state index contributed by atoms with van der Waals surface area (Å²) < 4.78 is 0. The fourth-order valence-electron chi connectivity index (χ4n) is 5.24. The number of fused-ring (bicyclic) bond motifs is 5. The predicted molar refractivity (Wildman–Crippen MR) is 114 cm³/mol. The van der Waals surface area contributed by atoms with Crippen molar-refractivity contribution in [1.82, 2.24) is 0 Å². The summed E-state index contributed by atoms with van der Waals surface area (Å²) in [6, 6.07) is 20.5. The van der Waals surface area contributed by atoms with Gasteiger partial charge in [-0.3, -0.25) is 14.4 Å². The lowest BCUT2D eigenvalue weighted by molar-refractivity contribution is -0.164. The molecule has 0 radical (unpaired) electrons. The third kappa shape index (κ3) is 2.81. The number of ketones is 1. The summed E-state index contributed by atoms with van der Waals surface area (Å²) >= 11 is 0. The van der Waals surface area contributed by atoms with Crippen molar-refractivity contribution in [3.8, 4) is 11.1 Å². The Bertz CT molecular complexity index is 1240. The number of carbonyl (C=O) groups excluding carboxylic acids is 1. The fraction of sp³-hybridized carbons (Fsp3) is 0.192. The normalized spacial score (nSPS) is 23.6. The molecule has 2 aliphatic carbocycles. The maximum absolute atomic E-state index is 13.5. The van der Waals surface area contributed by atoms with Crippen LogP contribution >= 0.6 is 0 Å². The summed E-state index contributed by atoms with van der Waals surface area (Å²) in [5.74, 6) is -5.74. The Morgan fingerprint density at radius 2 is 1.26 bits per heavy atom. The Labute approximate surface area is 179 Å². The zero-order valence-electron chi connectivity index (χ0n) is 16.8. The van der Waals surface area contributed by atoms with Crippen LogP contribution in [0.4, 0.5) is 0 Å². The molecule has 0 heterocycles. The summed E-state index contributed by atoms with van der Waals surface area (Å²) in [5.41, 5.74) is 5.10. The van der Waals surface area contributed by atoms with Crippen LogP contribution < -0.4 is 0 Å². The molecule has 2 aliphatic rings. The topological polar surface area (TPSA) is 91.7 Å². The quantitative estimate of drug-likeness (QED) is 0.661. The van der Waals surface area contributed by atoms with E-state index in [2.05, 4.69) is 0 Å². The monoisotopic (exact) mass is 412 g/mol. The van der Waals surface area contributed by atoms with Crippen LogP contribution in [0.25, 0.3) is 11.1 Å². The first kappa shape index (κ1) is 19.2. The van der Waals surface area contributed by atoms with E-state index in [0.29, 0.717) is 22.3 Å². The molecule has 0 spiro atoms. The molecule has 0 bridgehead atoms. The van der Waals surface area contributed by atoms with Crippen molar-refractivity contribution in [3.63, 3.8) is 0 Å². The Hall–Kier alpha value is -3.73. The lowest BCUT2D eigenvalue weighted by Gasteiger charge is -2.48. The molecule has 0 amide bonds. The van der Waals surface area contributed by atoms with Crippen LogP contribution in [-0.4, -0.2) is 27.9 Å². The van der Waals surface area contributed by atoms with Gasteiger partial charge in [-0.1, -0.05) is 66.2 Å². The number of hydrogen-bond acceptors (Lipinski definition) is 3. The minimum atomic E-state index is -1.14. The van der Waals surface area contributed by atoms with E-state index in [1.807, 2.05) is 43.3 Å². The summed E-state index contributed by atoms with van der Waals surface area (Å²) in [6.45, 7) is 2.00. The van der Waals surface area contributed by atoms with Crippen molar-refractivity contribution in [2.75, 3.05) is 0 Å². The van der Waals surface area contributed by atoms with Gasteiger partial charge >= 0.3 is 11.9 Å². The van der Waals surface area contributed by atoms with Gasteiger partial charge in [0, 0.05) is 23.0 Å². The Balaban J connectivity index is 1.73. The lowest BCUT2D eigenvalue weighted by atomic mass is 9.52. The van der Waals surface area contributed by atoms with E-state index in [-0.39, 0.29) is 5.78 Å². The van der Waals surface area contributed by atoms with Gasteiger partial charge in [0.2, 0.25) is 0 Å². The number of carboxylic acids is 2. The van der Waals surface area contributed by atoms with E-state index in [1.165, 1.54) is 0 Å². The van der Waals surface area contributed by atoms with Crippen molar-refractivity contribution in [2.45, 2.75) is 18.8 Å². The van der Waals surface area contributed by atoms with Gasteiger partial charge in [-0.05, 0) is 35.2 Å². The van der Waals surface area contributed by atoms with E-state index < -0.39 is 35.6 Å². The van der Waals surface area contributed by atoms with Crippen LogP contribution in [0.2, 0.25) is 0 Å². The number of benzene rings is 3. The number of aliphatic carboxylic acids is 2. The highest BCUT2D eigenvalue weighted by Gasteiger charge is 2.60. The van der Waals surface area contributed by atoms with Crippen LogP contribution in [0, 0.1) is 18.8 Å². The molecular weight excluding hydrogens is 392 g/mol. The molecule has 5 heteroatoms. The molecule has 31 heavy (non-hydrogen) atoms. The van der Waals surface area contributed by atoms with Crippen LogP contribution in [0.3, 0.4) is 0 Å². The van der Waals surface area contributed by atoms with Gasteiger partial charge in [-0.15, -0.1) is 0 Å². The smallest absolute Gasteiger partial charge is 0.308 e. The number of aryl methyl sites for hydroxylation is 1. The molecule has 0 aliphatic heterocycles. The zero-order valence-corrected chi connectivity index (χ0v) is 16.8. The average Bonchev–Trinajstić information content (AvgIpc) is 2.80. The summed E-state index contributed by atoms with van der Waals surface area (Å²) in [6.07, 6.45) is 0. The van der Waals surface area contributed by atoms with E-state index in [0.717, 1.165) is 16.7 Å². The average molecular weight is 412 g/mol. The molecule has 154 valence electrons. The molecule has 3 aromatic rings. The predicted octanol–water partition coefficient (Wildman–Crippen LogP) is 4.49. The van der Waals surface area contributed by atoms with Crippen molar-refractivity contribution in [1.29, 1.82) is 0 Å². The second kappa shape index (κ2) is 6.91. The zero-order chi connectivity index (χ0) is 21.9. The minimum absolute atomic E-state index is 0.192. The molecule has 0 unspecified atom stereocenters. The molecule has 0 aromatic heterocycles. The Morgan fingerprint density at radius 1 is 0.710 bits per heavy atom. The summed E-state index contributed by atoms with van der Waals surface area (Å²) in [5, 5.41) is 19.6. The maximum atomic E-state index is 13.5. The minimum Gasteiger partial charge on any atom is -0.481 e. The van der Waals surface area contributed by atoms with E-state index in [4.69, 9.17) is 0 Å². The van der Waals surface area contributed by atoms with Crippen molar-refractivity contribution >= 4 is 17.7 Å². The van der Waals surface area contributed by atoms with Crippen LogP contribution in [0.5, 0.6) is 0 Å². The van der Waals surface area contributed by atoms with Gasteiger partial charge in [-0.2, -0.15) is 0 Å². The first-order valence-corrected chi connectivity index (χ1v) is 10.2. The molecule has 3 aromatic carbocycles. The first-order chi connectivity index (χ1) is 14.9. The number of carboxylic acid groups (broad SMARTS) is 2. The molecular formula is C26H20O5. The number of rotatable bonds is 3. The van der Waals surface area contributed by atoms with Crippen LogP contribution in [-0.2, 0) is 9.59 Å². The Kier molecular flexibility index (Phi) is 4.29. The van der Waals surface area contributed by atoms with Gasteiger partial charge in [-0.25, -0.2) is 0 Å². The highest BCUT2D eigenvalue weighted by Crippen LogP contribution is 2.60. The molecule has 0 saturated heterocycles. The van der Waals surface area contributed by atoms with Crippen LogP contribution in [0.15, 0.2) is 66.7 Å². The molecule has 5 rings (SSSR count). The second-order valence-electron chi connectivity index (χ2n) is 8.36. The van der Waals surface area contributed by atoms with Crippen molar-refractivity contribution < 1.29 is 24.6 Å². The second-order valence-corrected chi connectivity index (χ2v) is 8.36. The van der Waals surface area contributed by atoms with Gasteiger partial charge in [0.1, 0.15) is 0 Å². The molecule has 2 N–H and O–H groups in total. The third-order valence-corrected chi connectivity index (χ3v) is 6.72. The largest absolute Gasteiger partial charge is 0.481 e. The standard InChI is InChI=1S/C26H20O5/c1-13-6-8-14(9-7-13)15-10-11-17-19(12-15)24(27)18-5-3-2-4-16(18)20-21(17)23(26(30)31)22(20)25(28)29/h2-12,20-23H,1H3,(H,28,29)(H,30,31)/t20-,21+,22+,23-/m0/s1. The van der Waals surface area contributed by atoms with E-state index in [9.17, 15) is 24.6 Å². The number of carbonyl (C=O) groups is 3.